The number of ether oxygens (including phenoxy) is 1. The summed E-state index contributed by atoms with van der Waals surface area (Å²) in [5.41, 5.74) is -0.501. The normalized spacial score (nSPS) is 15.2. The molecule has 0 unspecified atom stereocenters. The van der Waals surface area contributed by atoms with Crippen molar-refractivity contribution in [1.29, 1.82) is 0 Å². The second-order valence-electron chi connectivity index (χ2n) is 6.59. The number of para-hydroxylation sites is 1. The van der Waals surface area contributed by atoms with Gasteiger partial charge in [0.1, 0.15) is 5.75 Å². The van der Waals surface area contributed by atoms with Crippen LogP contribution in [0.3, 0.4) is 0 Å². The van der Waals surface area contributed by atoms with Crippen LogP contribution < -0.4 is 4.74 Å². The number of methoxy groups -OCH3 is 1. The molecular formula is C21H19NO7S. The molecule has 156 valence electrons. The van der Waals surface area contributed by atoms with E-state index in [0.717, 1.165) is 17.7 Å². The number of allylic oxidation sites excluding steroid dienone is 4. The Morgan fingerprint density at radius 3 is 2.27 bits per heavy atom. The monoisotopic (exact) mass is 429 g/mol. The van der Waals surface area contributed by atoms with Gasteiger partial charge in [-0.05, 0) is 42.3 Å². The van der Waals surface area contributed by atoms with Gasteiger partial charge in [0, 0.05) is 11.5 Å². The van der Waals surface area contributed by atoms with Crippen molar-refractivity contribution in [3.05, 3.63) is 88.5 Å². The lowest BCUT2D eigenvalue weighted by atomic mass is 9.75. The van der Waals surface area contributed by atoms with Crippen LogP contribution >= 0.6 is 0 Å². The summed E-state index contributed by atoms with van der Waals surface area (Å²) in [6.07, 6.45) is 6.41. The highest BCUT2D eigenvalue weighted by atomic mass is 32.2. The Kier molecular flexibility index (Phi) is 6.14. The molecule has 3 rings (SSSR count). The van der Waals surface area contributed by atoms with Crippen molar-refractivity contribution in [2.45, 2.75) is 16.7 Å². The molecule has 0 radical (unpaired) electrons. The van der Waals surface area contributed by atoms with Crippen LogP contribution in [0.15, 0.2) is 77.7 Å². The molecule has 1 aliphatic rings. The van der Waals surface area contributed by atoms with E-state index in [4.69, 9.17) is 8.92 Å². The van der Waals surface area contributed by atoms with Crippen LogP contribution in [0, 0.1) is 10.1 Å². The van der Waals surface area contributed by atoms with Gasteiger partial charge in [-0.3, -0.25) is 19.1 Å². The number of hydrogen-bond donors (Lipinski definition) is 0. The maximum absolute atomic E-state index is 12.5. The van der Waals surface area contributed by atoms with Crippen LogP contribution in [0.25, 0.3) is 0 Å². The van der Waals surface area contributed by atoms with Crippen molar-refractivity contribution >= 4 is 21.6 Å². The maximum atomic E-state index is 12.5. The first kappa shape index (κ1) is 21.4. The maximum Gasteiger partial charge on any atom is 0.303 e. The zero-order valence-corrected chi connectivity index (χ0v) is 16.9. The molecule has 30 heavy (non-hydrogen) atoms. The van der Waals surface area contributed by atoms with Crippen molar-refractivity contribution < 1.29 is 27.1 Å². The molecule has 0 bridgehead atoms. The third-order valence-electron chi connectivity index (χ3n) is 4.80. The lowest BCUT2D eigenvalue weighted by Gasteiger charge is -2.29. The fourth-order valence-electron chi connectivity index (χ4n) is 3.18. The summed E-state index contributed by atoms with van der Waals surface area (Å²) in [6, 6.07) is 12.2. The summed E-state index contributed by atoms with van der Waals surface area (Å²) in [5.74, 6) is 0.483. The Labute approximate surface area is 173 Å². The van der Waals surface area contributed by atoms with Gasteiger partial charge >= 0.3 is 10.1 Å². The van der Waals surface area contributed by atoms with Gasteiger partial charge < -0.3 is 4.74 Å². The first-order chi connectivity index (χ1) is 14.3. The van der Waals surface area contributed by atoms with E-state index in [2.05, 4.69) is 0 Å². The first-order valence-electron chi connectivity index (χ1n) is 8.97. The van der Waals surface area contributed by atoms with Gasteiger partial charge in [-0.2, -0.15) is 8.42 Å². The quantitative estimate of drug-likeness (QED) is 0.359. The van der Waals surface area contributed by atoms with E-state index in [1.54, 1.807) is 31.4 Å². The minimum Gasteiger partial charge on any atom is -0.497 e. The van der Waals surface area contributed by atoms with E-state index in [1.165, 1.54) is 24.3 Å². The Morgan fingerprint density at radius 2 is 1.67 bits per heavy atom. The van der Waals surface area contributed by atoms with E-state index in [-0.39, 0.29) is 18.8 Å². The van der Waals surface area contributed by atoms with Crippen molar-refractivity contribution in [3.63, 3.8) is 0 Å². The molecule has 2 aromatic carbocycles. The number of nitro groups is 1. The zero-order valence-electron chi connectivity index (χ0n) is 16.1. The smallest absolute Gasteiger partial charge is 0.303 e. The van der Waals surface area contributed by atoms with Crippen molar-refractivity contribution in [1.82, 2.24) is 0 Å². The Hall–Kier alpha value is -3.30. The number of benzene rings is 2. The molecule has 0 saturated heterocycles. The summed E-state index contributed by atoms with van der Waals surface area (Å²) in [7, 11) is -2.80. The average Bonchev–Trinajstić information content (AvgIpc) is 2.75. The molecule has 0 atom stereocenters. The van der Waals surface area contributed by atoms with Crippen LogP contribution in [0.5, 0.6) is 5.75 Å². The molecule has 0 spiro atoms. The number of nitrogens with zero attached hydrogens (tertiary/aromatic N) is 1. The molecule has 0 fully saturated rings. The Balaban J connectivity index is 1.83. The van der Waals surface area contributed by atoms with Crippen LogP contribution in [0.1, 0.15) is 12.0 Å². The van der Waals surface area contributed by atoms with Crippen LogP contribution in [0.2, 0.25) is 0 Å². The Bertz CT molecular complexity index is 1100. The van der Waals surface area contributed by atoms with Crippen molar-refractivity contribution in [2.75, 3.05) is 13.7 Å². The van der Waals surface area contributed by atoms with E-state index in [9.17, 15) is 23.3 Å². The largest absolute Gasteiger partial charge is 0.497 e. The molecule has 0 aliphatic heterocycles. The van der Waals surface area contributed by atoms with Gasteiger partial charge in [0.2, 0.25) is 0 Å². The summed E-state index contributed by atoms with van der Waals surface area (Å²) in [4.78, 5) is 21.5. The molecule has 0 heterocycles. The Morgan fingerprint density at radius 1 is 1.03 bits per heavy atom. The van der Waals surface area contributed by atoms with E-state index >= 15 is 0 Å². The lowest BCUT2D eigenvalue weighted by Crippen LogP contribution is -2.26. The summed E-state index contributed by atoms with van der Waals surface area (Å²) in [5, 5.41) is 11.1. The molecule has 2 aromatic rings. The number of rotatable bonds is 8. The fraction of sp³-hybridized carbons (Fsp3) is 0.190. The van der Waals surface area contributed by atoms with Gasteiger partial charge in [-0.25, -0.2) is 0 Å². The standard InChI is InChI=1S/C21H19NO7S/c1-28-18-8-6-16(7-9-18)21(12-10-17(23)11-13-21)14-15-29-30(26,27)20-5-3-2-4-19(20)22(24)25/h2-13H,14-15H2,1H3. The highest BCUT2D eigenvalue weighted by Crippen LogP contribution is 2.35. The van der Waals surface area contributed by atoms with Gasteiger partial charge in [-0.15, -0.1) is 0 Å². The first-order valence-corrected chi connectivity index (χ1v) is 10.4. The number of nitro benzene ring substituents is 1. The van der Waals surface area contributed by atoms with Gasteiger partial charge in [0.25, 0.3) is 5.69 Å². The summed E-state index contributed by atoms with van der Waals surface area (Å²) >= 11 is 0. The molecule has 0 amide bonds. The summed E-state index contributed by atoms with van der Waals surface area (Å²) < 4.78 is 35.4. The van der Waals surface area contributed by atoms with Crippen LogP contribution in [-0.4, -0.2) is 32.8 Å². The topological polar surface area (TPSA) is 113 Å². The molecule has 0 saturated carbocycles. The minimum absolute atomic E-state index is 0.174. The van der Waals surface area contributed by atoms with E-state index < -0.39 is 31.0 Å². The van der Waals surface area contributed by atoms with E-state index in [0.29, 0.717) is 5.75 Å². The average molecular weight is 429 g/mol. The molecule has 0 aromatic heterocycles. The fourth-order valence-corrected chi connectivity index (χ4v) is 4.25. The number of ketones is 1. The minimum atomic E-state index is -4.34. The molecular weight excluding hydrogens is 410 g/mol. The highest BCUT2D eigenvalue weighted by Gasteiger charge is 2.31. The molecule has 9 heteroatoms. The predicted molar refractivity (Wildman–Crippen MR) is 109 cm³/mol. The molecule has 1 aliphatic carbocycles. The van der Waals surface area contributed by atoms with Crippen LogP contribution in [0.4, 0.5) is 5.69 Å². The van der Waals surface area contributed by atoms with E-state index in [1.807, 2.05) is 12.1 Å². The van der Waals surface area contributed by atoms with Gasteiger partial charge in [0.05, 0.1) is 18.6 Å². The van der Waals surface area contributed by atoms with Crippen LogP contribution in [-0.2, 0) is 24.5 Å². The van der Waals surface area contributed by atoms with Crippen molar-refractivity contribution in [3.8, 4) is 5.75 Å². The van der Waals surface area contributed by atoms with Crippen molar-refractivity contribution in [2.24, 2.45) is 0 Å². The number of carbonyl (C=O) groups is 1. The lowest BCUT2D eigenvalue weighted by molar-refractivity contribution is -0.387. The number of carbonyl (C=O) groups excluding carboxylic acids is 1. The third kappa shape index (κ3) is 4.47. The molecule has 0 N–H and O–H groups in total. The highest BCUT2D eigenvalue weighted by molar-refractivity contribution is 7.87. The zero-order chi connectivity index (χ0) is 21.8. The second kappa shape index (κ2) is 8.60. The second-order valence-corrected chi connectivity index (χ2v) is 8.17. The van der Waals surface area contributed by atoms with Gasteiger partial charge in [0.15, 0.2) is 10.7 Å². The predicted octanol–water partition coefficient (Wildman–Crippen LogP) is 3.33. The SMILES string of the molecule is COc1ccc(C2(CCOS(=O)(=O)c3ccccc3[N+](=O)[O-])C=CC(=O)C=C2)cc1. The number of hydrogen-bond acceptors (Lipinski definition) is 7. The third-order valence-corrected chi connectivity index (χ3v) is 6.16. The van der Waals surface area contributed by atoms with Gasteiger partial charge in [-0.1, -0.05) is 36.4 Å². The molecule has 8 nitrogen and oxygen atoms in total. The summed E-state index contributed by atoms with van der Waals surface area (Å²) in [6.45, 7) is -0.247.